The maximum atomic E-state index is 5.43. The van der Waals surface area contributed by atoms with Gasteiger partial charge in [0, 0.05) is 5.92 Å². The van der Waals surface area contributed by atoms with E-state index in [0.29, 0.717) is 6.10 Å². The van der Waals surface area contributed by atoms with Crippen LogP contribution in [0.2, 0.25) is 0 Å². The zero-order chi connectivity index (χ0) is 11.4. The lowest BCUT2D eigenvalue weighted by Crippen LogP contribution is -2.08. The van der Waals surface area contributed by atoms with Gasteiger partial charge in [0.2, 0.25) is 0 Å². The van der Waals surface area contributed by atoms with Gasteiger partial charge in [0.05, 0.1) is 12.7 Å². The lowest BCUT2D eigenvalue weighted by molar-refractivity contribution is 0.389. The molecule has 1 fully saturated rings. The molecule has 1 aliphatic heterocycles. The van der Waals surface area contributed by atoms with E-state index in [2.05, 4.69) is 37.4 Å². The molecule has 0 aromatic heterocycles. The van der Waals surface area contributed by atoms with E-state index in [1.807, 2.05) is 18.2 Å². The van der Waals surface area contributed by atoms with Crippen LogP contribution in [-0.2, 0) is 4.74 Å². The SMILES string of the molecule is C=C/C=C(\C=C)C(c1ccccc1)C1CO1. The van der Waals surface area contributed by atoms with Gasteiger partial charge in [-0.1, -0.05) is 61.7 Å². The van der Waals surface area contributed by atoms with Crippen LogP contribution in [0.15, 0.2) is 67.3 Å². The summed E-state index contributed by atoms with van der Waals surface area (Å²) in [5, 5.41) is 0. The van der Waals surface area contributed by atoms with Crippen molar-refractivity contribution < 1.29 is 4.74 Å². The number of rotatable bonds is 5. The molecule has 0 amide bonds. The van der Waals surface area contributed by atoms with Crippen molar-refractivity contribution in [3.8, 4) is 0 Å². The van der Waals surface area contributed by atoms with Crippen LogP contribution in [0, 0.1) is 0 Å². The summed E-state index contributed by atoms with van der Waals surface area (Å²) in [4.78, 5) is 0. The first kappa shape index (κ1) is 10.9. The van der Waals surface area contributed by atoms with Gasteiger partial charge in [0.25, 0.3) is 0 Å². The molecule has 1 saturated heterocycles. The van der Waals surface area contributed by atoms with Crippen molar-refractivity contribution in [2.45, 2.75) is 12.0 Å². The number of allylic oxidation sites excluding steroid dienone is 3. The Labute approximate surface area is 96.8 Å². The summed E-state index contributed by atoms with van der Waals surface area (Å²) < 4.78 is 5.43. The third-order valence-corrected chi connectivity index (χ3v) is 2.79. The Bertz CT molecular complexity index is 399. The third-order valence-electron chi connectivity index (χ3n) is 2.79. The lowest BCUT2D eigenvalue weighted by Gasteiger charge is -2.16. The summed E-state index contributed by atoms with van der Waals surface area (Å²) >= 11 is 0. The summed E-state index contributed by atoms with van der Waals surface area (Å²) in [7, 11) is 0. The van der Waals surface area contributed by atoms with Crippen molar-refractivity contribution in [1.82, 2.24) is 0 Å². The summed E-state index contributed by atoms with van der Waals surface area (Å²) in [6.45, 7) is 8.44. The van der Waals surface area contributed by atoms with E-state index in [4.69, 9.17) is 4.74 Å². The fourth-order valence-corrected chi connectivity index (χ4v) is 1.96. The molecular weight excluding hydrogens is 196 g/mol. The average molecular weight is 212 g/mol. The van der Waals surface area contributed by atoms with Crippen molar-refractivity contribution >= 4 is 0 Å². The number of hydrogen-bond acceptors (Lipinski definition) is 1. The van der Waals surface area contributed by atoms with Crippen molar-refractivity contribution in [1.29, 1.82) is 0 Å². The topological polar surface area (TPSA) is 12.5 Å². The first-order valence-corrected chi connectivity index (χ1v) is 5.48. The summed E-state index contributed by atoms with van der Waals surface area (Å²) in [6.07, 6.45) is 5.99. The predicted octanol–water partition coefficient (Wildman–Crippen LogP) is 3.47. The molecule has 2 rings (SSSR count). The van der Waals surface area contributed by atoms with Crippen molar-refractivity contribution in [2.24, 2.45) is 0 Å². The average Bonchev–Trinajstić information content (AvgIpc) is 3.14. The standard InChI is InChI=1S/C15H16O/c1-3-8-12(4-2)15(14-11-16-14)13-9-6-5-7-10-13/h3-10,14-15H,1-2,11H2/b12-8+. The quantitative estimate of drug-likeness (QED) is 0.538. The molecule has 0 radical (unpaired) electrons. The van der Waals surface area contributed by atoms with E-state index in [0.717, 1.165) is 6.61 Å². The molecule has 2 unspecified atom stereocenters. The molecule has 0 spiro atoms. The van der Waals surface area contributed by atoms with E-state index in [1.54, 1.807) is 6.08 Å². The van der Waals surface area contributed by atoms with Crippen molar-refractivity contribution in [2.75, 3.05) is 6.61 Å². The Morgan fingerprint density at radius 2 is 2.00 bits per heavy atom. The lowest BCUT2D eigenvalue weighted by atomic mass is 9.88. The van der Waals surface area contributed by atoms with Crippen molar-refractivity contribution in [3.05, 3.63) is 72.9 Å². The minimum absolute atomic E-state index is 0.289. The van der Waals surface area contributed by atoms with Crippen LogP contribution >= 0.6 is 0 Å². The largest absolute Gasteiger partial charge is 0.372 e. The van der Waals surface area contributed by atoms with Gasteiger partial charge >= 0.3 is 0 Å². The monoisotopic (exact) mass is 212 g/mol. The Kier molecular flexibility index (Phi) is 3.37. The molecule has 1 heteroatoms. The van der Waals surface area contributed by atoms with Gasteiger partial charge in [-0.25, -0.2) is 0 Å². The first-order valence-electron chi connectivity index (χ1n) is 5.48. The molecule has 1 nitrogen and oxygen atoms in total. The molecule has 0 saturated carbocycles. The fraction of sp³-hybridized carbons (Fsp3) is 0.200. The van der Waals surface area contributed by atoms with Crippen LogP contribution in [-0.4, -0.2) is 12.7 Å². The molecule has 1 aliphatic rings. The zero-order valence-electron chi connectivity index (χ0n) is 9.30. The molecule has 0 bridgehead atoms. The van der Waals surface area contributed by atoms with Crippen LogP contribution in [0.1, 0.15) is 11.5 Å². The number of ether oxygens (including phenoxy) is 1. The molecule has 0 aliphatic carbocycles. The Balaban J connectivity index is 2.33. The van der Waals surface area contributed by atoms with Crippen LogP contribution in [0.4, 0.5) is 0 Å². The molecule has 82 valence electrons. The maximum absolute atomic E-state index is 5.43. The van der Waals surface area contributed by atoms with Gasteiger partial charge in [-0.3, -0.25) is 0 Å². The molecule has 1 aromatic carbocycles. The minimum atomic E-state index is 0.289. The Morgan fingerprint density at radius 3 is 2.50 bits per heavy atom. The van der Waals surface area contributed by atoms with Gasteiger partial charge in [0.1, 0.15) is 0 Å². The highest BCUT2D eigenvalue weighted by Crippen LogP contribution is 2.36. The molecule has 1 heterocycles. The molecule has 1 aromatic rings. The summed E-state index contributed by atoms with van der Waals surface area (Å²) in [6, 6.07) is 10.4. The highest BCUT2D eigenvalue weighted by Gasteiger charge is 2.35. The number of hydrogen-bond donors (Lipinski definition) is 0. The van der Waals surface area contributed by atoms with E-state index in [9.17, 15) is 0 Å². The minimum Gasteiger partial charge on any atom is -0.372 e. The Morgan fingerprint density at radius 1 is 1.31 bits per heavy atom. The van der Waals surface area contributed by atoms with Crippen LogP contribution in [0.5, 0.6) is 0 Å². The van der Waals surface area contributed by atoms with Crippen LogP contribution in [0.3, 0.4) is 0 Å². The fourth-order valence-electron chi connectivity index (χ4n) is 1.96. The predicted molar refractivity (Wildman–Crippen MR) is 67.4 cm³/mol. The summed E-state index contributed by atoms with van der Waals surface area (Å²) in [5.74, 6) is 0.289. The van der Waals surface area contributed by atoms with Gasteiger partial charge in [-0.05, 0) is 11.1 Å². The number of benzene rings is 1. The second-order valence-electron chi connectivity index (χ2n) is 3.87. The molecular formula is C15H16O. The van der Waals surface area contributed by atoms with E-state index in [1.165, 1.54) is 11.1 Å². The van der Waals surface area contributed by atoms with Gasteiger partial charge in [-0.2, -0.15) is 0 Å². The Hall–Kier alpha value is -1.60. The van der Waals surface area contributed by atoms with Gasteiger partial charge < -0.3 is 4.74 Å². The molecule has 2 atom stereocenters. The number of epoxide rings is 1. The smallest absolute Gasteiger partial charge is 0.0918 e. The second-order valence-corrected chi connectivity index (χ2v) is 3.87. The van der Waals surface area contributed by atoms with Gasteiger partial charge in [-0.15, -0.1) is 0 Å². The molecule has 0 N–H and O–H groups in total. The van der Waals surface area contributed by atoms with E-state index in [-0.39, 0.29) is 5.92 Å². The zero-order valence-corrected chi connectivity index (χ0v) is 9.30. The van der Waals surface area contributed by atoms with Crippen LogP contribution in [0.25, 0.3) is 0 Å². The maximum Gasteiger partial charge on any atom is 0.0918 e. The van der Waals surface area contributed by atoms with Gasteiger partial charge in [0.15, 0.2) is 0 Å². The second kappa shape index (κ2) is 4.95. The van der Waals surface area contributed by atoms with Crippen molar-refractivity contribution in [3.63, 3.8) is 0 Å². The first-order chi connectivity index (χ1) is 7.86. The van der Waals surface area contributed by atoms with Crippen LogP contribution < -0.4 is 0 Å². The van der Waals surface area contributed by atoms with E-state index >= 15 is 0 Å². The highest BCUT2D eigenvalue weighted by atomic mass is 16.6. The summed E-state index contributed by atoms with van der Waals surface area (Å²) in [5.41, 5.74) is 2.45. The third kappa shape index (κ3) is 2.31. The van der Waals surface area contributed by atoms with E-state index < -0.39 is 0 Å². The molecule has 16 heavy (non-hydrogen) atoms. The normalized spacial score (nSPS) is 21.2. The highest BCUT2D eigenvalue weighted by molar-refractivity contribution is 5.38.